The van der Waals surface area contributed by atoms with E-state index in [1.165, 1.54) is 35.1 Å². The molecule has 1 N–H and O–H groups in total. The van der Waals surface area contributed by atoms with E-state index in [0.717, 1.165) is 9.75 Å². The highest BCUT2D eigenvalue weighted by molar-refractivity contribution is 7.10. The van der Waals surface area contributed by atoms with Gasteiger partial charge in [-0.05, 0) is 66.6 Å². The van der Waals surface area contributed by atoms with Crippen molar-refractivity contribution in [2.45, 2.75) is 30.8 Å². The van der Waals surface area contributed by atoms with E-state index in [2.05, 4.69) is 15.0 Å². The number of halogens is 2. The first kappa shape index (κ1) is 30.6. The predicted octanol–water partition coefficient (Wildman–Crippen LogP) is 7.86. The summed E-state index contributed by atoms with van der Waals surface area (Å²) < 4.78 is 5.56. The molecule has 224 valence electrons. The molecule has 0 bridgehead atoms. The molecule has 7 nitrogen and oxygen atoms in total. The Morgan fingerprint density at radius 1 is 0.864 bits per heavy atom. The minimum atomic E-state index is -1.72. The number of aromatic nitrogens is 3. The second kappa shape index (κ2) is 12.9. The third kappa shape index (κ3) is 5.82. The lowest BCUT2D eigenvalue weighted by Gasteiger charge is -2.50. The van der Waals surface area contributed by atoms with Crippen LogP contribution in [0.25, 0.3) is 0 Å². The molecular formula is C33H27Cl2N3O4S2. The third-order valence-electron chi connectivity index (χ3n) is 8.14. The largest absolute Gasteiger partial charge is 0.478 e. The van der Waals surface area contributed by atoms with E-state index in [-0.39, 0.29) is 33.9 Å². The van der Waals surface area contributed by atoms with Gasteiger partial charge >= 0.3 is 0 Å². The number of ketones is 2. The van der Waals surface area contributed by atoms with Gasteiger partial charge < -0.3 is 9.84 Å². The van der Waals surface area contributed by atoms with E-state index in [1.807, 2.05) is 41.9 Å². The van der Waals surface area contributed by atoms with Crippen LogP contribution in [0.1, 0.15) is 61.2 Å². The Balaban J connectivity index is 1.59. The van der Waals surface area contributed by atoms with E-state index in [9.17, 15) is 14.7 Å². The molecule has 1 aliphatic carbocycles. The quantitative estimate of drug-likeness (QED) is 0.126. The zero-order valence-corrected chi connectivity index (χ0v) is 26.6. The van der Waals surface area contributed by atoms with Crippen LogP contribution in [-0.2, 0) is 5.60 Å². The highest BCUT2D eigenvalue weighted by atomic mass is 35.5. The topological polar surface area (TPSA) is 102 Å². The summed E-state index contributed by atoms with van der Waals surface area (Å²) in [6.07, 6.45) is 4.55. The molecule has 5 heterocycles. The summed E-state index contributed by atoms with van der Waals surface area (Å²) in [5.74, 6) is -3.04. The van der Waals surface area contributed by atoms with Gasteiger partial charge in [0.1, 0.15) is 15.9 Å². The van der Waals surface area contributed by atoms with Gasteiger partial charge in [0.2, 0.25) is 5.88 Å². The molecule has 1 fully saturated rings. The van der Waals surface area contributed by atoms with Crippen molar-refractivity contribution in [3.05, 3.63) is 127 Å². The molecule has 0 amide bonds. The van der Waals surface area contributed by atoms with Gasteiger partial charge in [-0.15, -0.1) is 22.7 Å². The van der Waals surface area contributed by atoms with Gasteiger partial charge in [-0.2, -0.15) is 0 Å². The van der Waals surface area contributed by atoms with Crippen LogP contribution in [0.5, 0.6) is 5.88 Å². The summed E-state index contributed by atoms with van der Waals surface area (Å²) in [5.41, 5.74) is -0.585. The van der Waals surface area contributed by atoms with Crippen molar-refractivity contribution in [3.63, 3.8) is 0 Å². The first-order valence-corrected chi connectivity index (χ1v) is 16.5. The SMILES string of the molecule is CCOc1ccc([C@]2(O)C[C@H](c3cccs3)[C@@H](C(=O)c3ccc(Cl)nc3)[C@H](c3cccs3)[C@H]2C(=O)c2ccc(Cl)nc2)cn1. The average molecular weight is 665 g/mol. The maximum atomic E-state index is 14.7. The summed E-state index contributed by atoms with van der Waals surface area (Å²) in [4.78, 5) is 43.8. The number of carbonyl (C=O) groups excluding carboxylic acids is 2. The lowest BCUT2D eigenvalue weighted by molar-refractivity contribution is -0.0683. The van der Waals surface area contributed by atoms with Gasteiger partial charge in [0.25, 0.3) is 0 Å². The molecule has 0 aromatic carbocycles. The van der Waals surface area contributed by atoms with Crippen LogP contribution in [0.4, 0.5) is 0 Å². The van der Waals surface area contributed by atoms with Crippen molar-refractivity contribution in [2.24, 2.45) is 11.8 Å². The molecule has 5 atom stereocenters. The van der Waals surface area contributed by atoms with Gasteiger partial charge in [-0.25, -0.2) is 15.0 Å². The van der Waals surface area contributed by atoms with Gasteiger partial charge in [0.15, 0.2) is 11.6 Å². The van der Waals surface area contributed by atoms with Crippen LogP contribution in [0.15, 0.2) is 90.0 Å². The minimum Gasteiger partial charge on any atom is -0.478 e. The van der Waals surface area contributed by atoms with Crippen molar-refractivity contribution in [2.75, 3.05) is 6.61 Å². The maximum Gasteiger partial charge on any atom is 0.213 e. The zero-order chi connectivity index (χ0) is 30.8. The Morgan fingerprint density at radius 2 is 1.50 bits per heavy atom. The van der Waals surface area contributed by atoms with E-state index in [1.54, 1.807) is 42.6 Å². The number of Topliss-reactive ketones (excluding diaryl/α,β-unsaturated/α-hetero) is 2. The van der Waals surface area contributed by atoms with Gasteiger partial charge in [-0.1, -0.05) is 35.3 Å². The summed E-state index contributed by atoms with van der Waals surface area (Å²) in [6.45, 7) is 2.30. The molecule has 1 aliphatic rings. The standard InChI is InChI=1S/C33H27Cl2N3O4S2/c1-2-42-27-12-9-21(18-38-27)33(41)15-22(23-5-3-13-43-23)28(31(39)19-7-10-25(34)36-16-19)29(24-6-4-14-44-24)30(33)32(40)20-8-11-26(35)37-17-20/h3-14,16-18,22,28-30,41H,2,15H2,1H3/t22-,28-,29+,30+,33-/m1/s1. The highest BCUT2D eigenvalue weighted by Crippen LogP contribution is 2.59. The molecule has 0 saturated heterocycles. The van der Waals surface area contributed by atoms with Crippen molar-refractivity contribution < 1.29 is 19.4 Å². The number of aliphatic hydroxyl groups is 1. The summed E-state index contributed by atoms with van der Waals surface area (Å²) in [7, 11) is 0. The van der Waals surface area contributed by atoms with Gasteiger partial charge in [0, 0.05) is 68.9 Å². The summed E-state index contributed by atoms with van der Waals surface area (Å²) in [5, 5.41) is 17.4. The first-order valence-electron chi connectivity index (χ1n) is 14.0. The molecule has 11 heteroatoms. The molecule has 0 unspecified atom stereocenters. The predicted molar refractivity (Wildman–Crippen MR) is 172 cm³/mol. The number of ether oxygens (including phenoxy) is 1. The lowest BCUT2D eigenvalue weighted by Crippen LogP contribution is -2.53. The van der Waals surface area contributed by atoms with Crippen LogP contribution in [0, 0.1) is 11.8 Å². The number of rotatable bonds is 9. The van der Waals surface area contributed by atoms with Crippen molar-refractivity contribution in [3.8, 4) is 5.88 Å². The lowest BCUT2D eigenvalue weighted by atomic mass is 9.54. The number of hydrogen-bond acceptors (Lipinski definition) is 9. The number of pyridine rings is 3. The second-order valence-corrected chi connectivity index (χ2v) is 13.3. The van der Waals surface area contributed by atoms with Crippen LogP contribution >= 0.6 is 45.9 Å². The minimum absolute atomic E-state index is 0.0971. The molecule has 1 saturated carbocycles. The highest BCUT2D eigenvalue weighted by Gasteiger charge is 2.59. The van der Waals surface area contributed by atoms with Crippen molar-refractivity contribution in [1.82, 2.24) is 15.0 Å². The molecule has 6 rings (SSSR count). The molecular weight excluding hydrogens is 637 g/mol. The third-order valence-corrected chi connectivity index (χ3v) is 10.6. The van der Waals surface area contributed by atoms with E-state index >= 15 is 0 Å². The van der Waals surface area contributed by atoms with Crippen molar-refractivity contribution in [1.29, 1.82) is 0 Å². The Kier molecular flexibility index (Phi) is 8.94. The van der Waals surface area contributed by atoms with Gasteiger partial charge in [-0.3, -0.25) is 9.59 Å². The number of nitrogens with zero attached hydrogens (tertiary/aromatic N) is 3. The molecule has 5 aromatic rings. The van der Waals surface area contributed by atoms with Crippen LogP contribution < -0.4 is 4.74 Å². The van der Waals surface area contributed by atoms with Crippen LogP contribution in [0.2, 0.25) is 10.3 Å². The Labute approximate surface area is 272 Å². The number of carbonyl (C=O) groups is 2. The smallest absolute Gasteiger partial charge is 0.213 e. The monoisotopic (exact) mass is 663 g/mol. The van der Waals surface area contributed by atoms with Crippen molar-refractivity contribution >= 4 is 57.4 Å². The molecule has 0 radical (unpaired) electrons. The fourth-order valence-corrected chi connectivity index (χ4v) is 8.26. The Hall–Kier alpha value is -3.47. The number of thiophene rings is 2. The number of hydrogen-bond donors (Lipinski definition) is 1. The Morgan fingerprint density at radius 3 is 2.02 bits per heavy atom. The second-order valence-electron chi connectivity index (χ2n) is 10.6. The summed E-state index contributed by atoms with van der Waals surface area (Å²) in [6, 6.07) is 17.6. The fourth-order valence-electron chi connectivity index (χ4n) is 6.25. The Bertz CT molecular complexity index is 1730. The van der Waals surface area contributed by atoms with E-state index < -0.39 is 29.3 Å². The first-order chi connectivity index (χ1) is 21.3. The fraction of sp³-hybridized carbons (Fsp3) is 0.242. The molecule has 0 aliphatic heterocycles. The van der Waals surface area contributed by atoms with E-state index in [4.69, 9.17) is 27.9 Å². The maximum absolute atomic E-state index is 14.7. The molecule has 44 heavy (non-hydrogen) atoms. The average Bonchev–Trinajstić information content (AvgIpc) is 3.77. The normalized spacial score (nSPS) is 23.3. The van der Waals surface area contributed by atoms with Crippen LogP contribution in [-0.4, -0.2) is 38.2 Å². The zero-order valence-electron chi connectivity index (χ0n) is 23.5. The van der Waals surface area contributed by atoms with Crippen LogP contribution in [0.3, 0.4) is 0 Å². The van der Waals surface area contributed by atoms with Gasteiger partial charge in [0.05, 0.1) is 12.5 Å². The molecule has 5 aromatic heterocycles. The molecule has 0 spiro atoms. The summed E-state index contributed by atoms with van der Waals surface area (Å²) >= 11 is 15.1. The van der Waals surface area contributed by atoms with E-state index in [0.29, 0.717) is 23.6 Å².